The minimum atomic E-state index is 0.0382. The molecule has 110 valence electrons. The Labute approximate surface area is 117 Å². The molecule has 0 spiro atoms. The fourth-order valence-corrected chi connectivity index (χ4v) is 4.08. The standard InChI is InChI=1S/C16H30N2O/c1-10-4-5-15(17)14(9-10)16(19)18-13-7-11(2)6-12(3)8-13/h10-15H,4-9,17H2,1-3H3,(H,18,19). The van der Waals surface area contributed by atoms with E-state index in [1.165, 1.54) is 12.8 Å². The predicted octanol–water partition coefficient (Wildman–Crippen LogP) is 2.69. The van der Waals surface area contributed by atoms with Crippen LogP contribution in [-0.2, 0) is 4.79 Å². The van der Waals surface area contributed by atoms with Crippen LogP contribution in [0.1, 0.15) is 59.3 Å². The maximum atomic E-state index is 12.4. The molecule has 0 bridgehead atoms. The summed E-state index contributed by atoms with van der Waals surface area (Å²) < 4.78 is 0. The van der Waals surface area contributed by atoms with Crippen molar-refractivity contribution in [3.05, 3.63) is 0 Å². The number of nitrogens with one attached hydrogen (secondary N) is 1. The quantitative estimate of drug-likeness (QED) is 0.807. The number of carbonyl (C=O) groups is 1. The molecule has 3 N–H and O–H groups in total. The van der Waals surface area contributed by atoms with Gasteiger partial charge in [0.25, 0.3) is 0 Å². The van der Waals surface area contributed by atoms with Crippen molar-refractivity contribution in [3.8, 4) is 0 Å². The van der Waals surface area contributed by atoms with E-state index in [1.807, 2.05) is 0 Å². The molecule has 0 aromatic rings. The molecule has 2 saturated carbocycles. The number of amides is 1. The average molecular weight is 266 g/mol. The van der Waals surface area contributed by atoms with E-state index in [-0.39, 0.29) is 17.9 Å². The summed E-state index contributed by atoms with van der Waals surface area (Å²) in [5, 5.41) is 3.28. The zero-order chi connectivity index (χ0) is 14.0. The van der Waals surface area contributed by atoms with Crippen molar-refractivity contribution in [1.82, 2.24) is 5.32 Å². The van der Waals surface area contributed by atoms with Crippen LogP contribution in [-0.4, -0.2) is 18.0 Å². The molecule has 3 heteroatoms. The summed E-state index contributed by atoms with van der Waals surface area (Å²) in [6.45, 7) is 6.82. The van der Waals surface area contributed by atoms with E-state index >= 15 is 0 Å². The second-order valence-corrected chi connectivity index (χ2v) is 7.31. The minimum Gasteiger partial charge on any atom is -0.353 e. The summed E-state index contributed by atoms with van der Waals surface area (Å²) in [5.41, 5.74) is 6.14. The SMILES string of the molecule is CC1CC(C)CC(NC(=O)C2CC(C)CCC2N)C1. The van der Waals surface area contributed by atoms with Crippen LogP contribution < -0.4 is 11.1 Å². The molecule has 2 rings (SSSR count). The van der Waals surface area contributed by atoms with Gasteiger partial charge in [0.1, 0.15) is 0 Å². The lowest BCUT2D eigenvalue weighted by Crippen LogP contribution is -2.49. The van der Waals surface area contributed by atoms with Crippen LogP contribution in [0.5, 0.6) is 0 Å². The Morgan fingerprint density at radius 1 is 0.947 bits per heavy atom. The zero-order valence-corrected chi connectivity index (χ0v) is 12.7. The maximum absolute atomic E-state index is 12.4. The zero-order valence-electron chi connectivity index (χ0n) is 12.7. The first-order valence-corrected chi connectivity index (χ1v) is 8.01. The normalized spacial score (nSPS) is 43.8. The number of carbonyl (C=O) groups excluding carboxylic acids is 1. The van der Waals surface area contributed by atoms with Crippen LogP contribution in [0.2, 0.25) is 0 Å². The van der Waals surface area contributed by atoms with Crippen molar-refractivity contribution in [2.24, 2.45) is 29.4 Å². The van der Waals surface area contributed by atoms with Gasteiger partial charge in [0, 0.05) is 12.1 Å². The van der Waals surface area contributed by atoms with Gasteiger partial charge in [-0.05, 0) is 56.3 Å². The van der Waals surface area contributed by atoms with Crippen molar-refractivity contribution in [2.75, 3.05) is 0 Å². The lowest BCUT2D eigenvalue weighted by atomic mass is 9.77. The lowest BCUT2D eigenvalue weighted by Gasteiger charge is -2.36. The van der Waals surface area contributed by atoms with Gasteiger partial charge in [-0.3, -0.25) is 4.79 Å². The fourth-order valence-electron chi connectivity index (χ4n) is 4.08. The van der Waals surface area contributed by atoms with Crippen LogP contribution in [0.3, 0.4) is 0 Å². The van der Waals surface area contributed by atoms with E-state index in [1.54, 1.807) is 0 Å². The van der Waals surface area contributed by atoms with E-state index in [0.717, 1.165) is 37.5 Å². The van der Waals surface area contributed by atoms with Crippen LogP contribution >= 0.6 is 0 Å². The smallest absolute Gasteiger partial charge is 0.224 e. The molecule has 0 heterocycles. The minimum absolute atomic E-state index is 0.0382. The highest BCUT2D eigenvalue weighted by molar-refractivity contribution is 5.79. The monoisotopic (exact) mass is 266 g/mol. The van der Waals surface area contributed by atoms with Crippen molar-refractivity contribution >= 4 is 5.91 Å². The highest BCUT2D eigenvalue weighted by Crippen LogP contribution is 2.31. The number of hydrogen-bond donors (Lipinski definition) is 2. The second-order valence-electron chi connectivity index (χ2n) is 7.31. The summed E-state index contributed by atoms with van der Waals surface area (Å²) in [4.78, 5) is 12.4. The Bertz CT molecular complexity index is 308. The number of rotatable bonds is 2. The predicted molar refractivity (Wildman–Crippen MR) is 78.6 cm³/mol. The Morgan fingerprint density at radius 2 is 1.58 bits per heavy atom. The van der Waals surface area contributed by atoms with Crippen molar-refractivity contribution in [3.63, 3.8) is 0 Å². The molecular formula is C16H30N2O. The Kier molecular flexibility index (Phi) is 4.88. The first-order chi connectivity index (χ1) is 8.95. The van der Waals surface area contributed by atoms with Crippen LogP contribution in [0.15, 0.2) is 0 Å². The summed E-state index contributed by atoms with van der Waals surface area (Å²) >= 11 is 0. The van der Waals surface area contributed by atoms with E-state index in [4.69, 9.17) is 5.73 Å². The highest BCUT2D eigenvalue weighted by Gasteiger charge is 2.33. The molecule has 1 amide bonds. The Hall–Kier alpha value is -0.570. The third-order valence-corrected chi connectivity index (χ3v) is 5.03. The Balaban J connectivity index is 1.89. The van der Waals surface area contributed by atoms with E-state index in [0.29, 0.717) is 12.0 Å². The van der Waals surface area contributed by atoms with Gasteiger partial charge in [-0.2, -0.15) is 0 Å². The molecule has 2 aliphatic carbocycles. The second kappa shape index (κ2) is 6.25. The van der Waals surface area contributed by atoms with Gasteiger partial charge < -0.3 is 11.1 Å². The summed E-state index contributed by atoms with van der Waals surface area (Å²) in [6, 6.07) is 0.435. The summed E-state index contributed by atoms with van der Waals surface area (Å²) in [6.07, 6.45) is 6.69. The lowest BCUT2D eigenvalue weighted by molar-refractivity contribution is -0.128. The van der Waals surface area contributed by atoms with Gasteiger partial charge in [0.2, 0.25) is 5.91 Å². The molecule has 3 nitrogen and oxygen atoms in total. The van der Waals surface area contributed by atoms with Crippen LogP contribution in [0, 0.1) is 23.7 Å². The molecular weight excluding hydrogens is 236 g/mol. The summed E-state index contributed by atoms with van der Waals surface area (Å²) in [5.74, 6) is 2.35. The largest absolute Gasteiger partial charge is 0.353 e. The first-order valence-electron chi connectivity index (χ1n) is 8.01. The maximum Gasteiger partial charge on any atom is 0.224 e. The molecule has 0 aromatic carbocycles. The van der Waals surface area contributed by atoms with Gasteiger partial charge in [0.15, 0.2) is 0 Å². The Morgan fingerprint density at radius 3 is 2.21 bits per heavy atom. The molecule has 5 unspecified atom stereocenters. The van der Waals surface area contributed by atoms with Crippen molar-refractivity contribution in [1.29, 1.82) is 0 Å². The third-order valence-electron chi connectivity index (χ3n) is 5.03. The molecule has 0 aliphatic heterocycles. The van der Waals surface area contributed by atoms with Crippen LogP contribution in [0.25, 0.3) is 0 Å². The van der Waals surface area contributed by atoms with Crippen molar-refractivity contribution in [2.45, 2.75) is 71.4 Å². The topological polar surface area (TPSA) is 55.1 Å². The van der Waals surface area contributed by atoms with Crippen LogP contribution in [0.4, 0.5) is 0 Å². The average Bonchev–Trinajstić information content (AvgIpc) is 2.30. The third kappa shape index (κ3) is 3.95. The molecule has 0 radical (unpaired) electrons. The fraction of sp³-hybridized carbons (Fsp3) is 0.938. The number of hydrogen-bond acceptors (Lipinski definition) is 2. The molecule has 2 aliphatic rings. The first kappa shape index (κ1) is 14.8. The number of nitrogens with two attached hydrogens (primary N) is 1. The highest BCUT2D eigenvalue weighted by atomic mass is 16.2. The van der Waals surface area contributed by atoms with E-state index in [2.05, 4.69) is 26.1 Å². The molecule has 0 saturated heterocycles. The van der Waals surface area contributed by atoms with Crippen molar-refractivity contribution < 1.29 is 4.79 Å². The van der Waals surface area contributed by atoms with Gasteiger partial charge in [0.05, 0.1) is 5.92 Å². The van der Waals surface area contributed by atoms with Gasteiger partial charge >= 0.3 is 0 Å². The molecule has 2 fully saturated rings. The van der Waals surface area contributed by atoms with Gasteiger partial charge in [-0.1, -0.05) is 20.8 Å². The van der Waals surface area contributed by atoms with Gasteiger partial charge in [-0.25, -0.2) is 0 Å². The summed E-state index contributed by atoms with van der Waals surface area (Å²) in [7, 11) is 0. The molecule has 19 heavy (non-hydrogen) atoms. The molecule has 5 atom stereocenters. The molecule has 0 aromatic heterocycles. The van der Waals surface area contributed by atoms with Gasteiger partial charge in [-0.15, -0.1) is 0 Å². The van der Waals surface area contributed by atoms with E-state index < -0.39 is 0 Å². The van der Waals surface area contributed by atoms with E-state index in [9.17, 15) is 4.79 Å².